The maximum absolute atomic E-state index is 17.7. The number of carbonyl (C=O) groups is 18. The van der Waals surface area contributed by atoms with E-state index in [1.165, 1.54) is 103 Å². The topological polar surface area (TPSA) is 471 Å². The van der Waals surface area contributed by atoms with Crippen LogP contribution in [0.1, 0.15) is 216 Å². The molecule has 0 spiro atoms. The summed E-state index contributed by atoms with van der Waals surface area (Å²) in [5, 5.41) is 37.2. The number of likely N-dealkylation sites (N-methyl/N-ethyl adjacent to an activating group) is 8. The molecule has 1 heterocycles. The normalized spacial score (nSPS) is 29.9. The lowest BCUT2D eigenvalue weighted by atomic mass is 9.44. The summed E-state index contributed by atoms with van der Waals surface area (Å²) in [6.07, 6.45) is 2.29. The Bertz CT molecular complexity index is 4340. The predicted octanol–water partition coefficient (Wildman–Crippen LogP) is 4.75. The van der Waals surface area contributed by atoms with Crippen molar-refractivity contribution in [2.75, 3.05) is 89.4 Å². The van der Waals surface area contributed by atoms with Gasteiger partial charge in [-0.05, 0) is 157 Å². The maximum atomic E-state index is 17.7. The molecule has 3 saturated carbocycles. The molecule has 7 N–H and O–H groups in total. The number of fused-ring (bicyclic) bond motifs is 5. The number of alkyl carbamates (subject to hydrolysis) is 1. The molecule has 5 aliphatic rings. The van der Waals surface area contributed by atoms with E-state index in [2.05, 4.69) is 26.6 Å². The summed E-state index contributed by atoms with van der Waals surface area (Å²) < 4.78 is 39.1. The number of Topliss-reactive ketones (excluding diaryl/α,β-unsaturated/α-hetero) is 1. The van der Waals surface area contributed by atoms with Gasteiger partial charge < -0.3 is 94.9 Å². The smallest absolute Gasteiger partial charge is 0.410 e. The quantitative estimate of drug-likeness (QED) is 0.0240. The molecule has 13 amide bonds. The molecule has 0 aromatic carbocycles. The number of nitrogens with one attached hydrogen (secondary N) is 5. The van der Waals surface area contributed by atoms with E-state index in [9.17, 15) is 77.3 Å². The van der Waals surface area contributed by atoms with Crippen molar-refractivity contribution < 1.29 is 120 Å². The van der Waals surface area contributed by atoms with E-state index in [1.54, 1.807) is 81.4 Å². The first-order chi connectivity index (χ1) is 61.7. The van der Waals surface area contributed by atoms with E-state index in [-0.39, 0.29) is 87.2 Å². The summed E-state index contributed by atoms with van der Waals surface area (Å²) in [7, 11) is 10.6. The van der Waals surface area contributed by atoms with Crippen LogP contribution in [0, 0.1) is 70.0 Å². The molecule has 37 nitrogen and oxygen atoms in total. The van der Waals surface area contributed by atoms with Gasteiger partial charge in [0.2, 0.25) is 83.5 Å². The van der Waals surface area contributed by atoms with Crippen LogP contribution in [0.5, 0.6) is 0 Å². The number of alkyl halides is 1. The summed E-state index contributed by atoms with van der Waals surface area (Å²) in [6, 6.07) is -13.9. The number of ether oxygens (including phenoxy) is 4. The Hall–Kier alpha value is -10.3. The third kappa shape index (κ3) is 26.9. The summed E-state index contributed by atoms with van der Waals surface area (Å²) in [6.45, 7) is 29.4. The lowest BCUT2D eigenvalue weighted by Crippen LogP contribution is -2.69. The highest BCUT2D eigenvalue weighted by atomic mass is 19.1. The monoisotopic (exact) mass is 1880 g/mol. The molecule has 38 heteroatoms. The molecule has 0 aromatic heterocycles. The Morgan fingerprint density at radius 3 is 1.65 bits per heavy atom. The third-order valence-corrected chi connectivity index (χ3v) is 27.4. The second kappa shape index (κ2) is 48.3. The first-order valence-corrected chi connectivity index (χ1v) is 46.6. The Morgan fingerprint density at radius 2 is 1.11 bits per heavy atom. The fourth-order valence-corrected chi connectivity index (χ4v) is 19.5. The van der Waals surface area contributed by atoms with E-state index in [4.69, 9.17) is 18.9 Å². The van der Waals surface area contributed by atoms with Gasteiger partial charge in [-0.3, -0.25) is 81.5 Å². The SMILES string of the molecule is C/C=C/C[C@@H](C)C(OC(=O)CN(C)C(=O)CNC(=O)OCOC(=O)CCC(=O)OCC(=O)[C@@]1(O)[C@H](C)CC2C3CCC4=CC(=O)C=C[C@]4(C)[C@@]3(F)[C@@H](O)C[C@@]21C)[C@H]1C(=O)N[C@H](CC)C(=O)N(C)CC(=O)N(C)[C@H](CC(C)C)C(=O)N[C@H](C(C)C)C(=O)N(C)[C@@H](CC(C)C)C(=O)N[C@@H](C)C(=O)N[C@H](C)C(=O)N(C)[C@H](CC(C)C)C(=O)N(C)[C@@H](CC(C)C)C(=O)N(C)C(C(C)C)C(=O)N1C. The molecular weight excluding hydrogens is 1730 g/mol. The van der Waals surface area contributed by atoms with Crippen molar-refractivity contribution in [2.45, 2.75) is 299 Å². The van der Waals surface area contributed by atoms with Crippen molar-refractivity contribution in [3.05, 3.63) is 36.0 Å². The van der Waals surface area contributed by atoms with E-state index >= 15 is 23.6 Å². The standard InChI is InChI=1S/C95H152FN13O24/c1-29-31-32-57(15)80(133-76(117)48-102(21)72(113)46-97-91(128)132-50-131-75(116)36-35-74(115)130-49-71(112)95(129)58(16)43-64-63-34-33-61-44-62(110)37-38-92(61,19)94(63,96)70(111)45-93(64,95)20)79-84(121)100-65(30-2)86(123)103(22)47-73(114)104(23)66(39-51(3)4)83(120)101-77(55(11)12)89(126)105(24)67(40-52(5)6)82(119)98-59(17)81(118)99-60(18)85(122)106(25)68(41-53(7)8)87(124)107(26)69(42-54(9)10)88(125)108(27)78(56(13)14)90(127)109(79)28/h29,31,37-38,44,51-60,63-70,77-80,111,129H,30,32-36,39-43,45-50H2,1-28H3,(H,97,128)(H,98,119)(H,99,118)(H,100,121)(H,101,120)/b31-29+/t57-,58-,59+,60-,63?,64?,65-,66-,67+,68-,69+,70+,77-,78?,79+,80?,92+,93+,94+,95+/m1/s1. The van der Waals surface area contributed by atoms with Crippen LogP contribution in [0.25, 0.3) is 0 Å². The molecule has 4 aliphatic carbocycles. The number of aliphatic hydroxyl groups is 2. The number of carbonyl (C=O) groups excluding carboxylic acids is 18. The number of amides is 13. The van der Waals surface area contributed by atoms with E-state index < -0.39 is 277 Å². The van der Waals surface area contributed by atoms with Crippen molar-refractivity contribution in [2.24, 2.45) is 70.0 Å². The first-order valence-electron chi connectivity index (χ1n) is 46.6. The summed E-state index contributed by atoms with van der Waals surface area (Å²) >= 11 is 0. The van der Waals surface area contributed by atoms with Crippen LogP contribution < -0.4 is 26.6 Å². The van der Waals surface area contributed by atoms with Crippen LogP contribution in [-0.4, -0.2) is 329 Å². The lowest BCUT2D eigenvalue weighted by molar-refractivity contribution is -0.220. The Labute approximate surface area is 783 Å². The third-order valence-electron chi connectivity index (χ3n) is 27.4. The molecule has 4 unspecified atom stereocenters. The van der Waals surface area contributed by atoms with Crippen LogP contribution in [0.3, 0.4) is 0 Å². The maximum Gasteiger partial charge on any atom is 0.410 e. The number of aliphatic hydroxyl groups excluding tert-OH is 1. The van der Waals surface area contributed by atoms with Crippen LogP contribution >= 0.6 is 0 Å². The highest BCUT2D eigenvalue weighted by Gasteiger charge is 2.76. The van der Waals surface area contributed by atoms with E-state index in [0.717, 1.165) is 24.5 Å². The molecule has 748 valence electrons. The summed E-state index contributed by atoms with van der Waals surface area (Å²) in [5.41, 5.74) is -6.49. The Kier molecular flexibility index (Phi) is 41.1. The number of nitrogens with zero attached hydrogens (tertiary/aromatic N) is 8. The minimum Gasteiger partial charge on any atom is -0.458 e. The highest BCUT2D eigenvalue weighted by molar-refractivity contribution is 6.02. The van der Waals surface area contributed by atoms with Gasteiger partial charge in [-0.2, -0.15) is 0 Å². The molecule has 5 rings (SSSR count). The fourth-order valence-electron chi connectivity index (χ4n) is 19.5. The zero-order valence-corrected chi connectivity index (χ0v) is 83.4. The van der Waals surface area contributed by atoms with E-state index in [0.29, 0.717) is 12.0 Å². The Balaban J connectivity index is 1.43. The number of hydrogen-bond donors (Lipinski definition) is 7. The highest BCUT2D eigenvalue weighted by Crippen LogP contribution is 2.71. The van der Waals surface area contributed by atoms with Gasteiger partial charge in [0.25, 0.3) is 0 Å². The molecule has 0 bridgehead atoms. The summed E-state index contributed by atoms with van der Waals surface area (Å²) in [5.74, 6) is -19.5. The number of esters is 3. The first kappa shape index (κ1) is 113. The minimum absolute atomic E-state index is 0.0138. The van der Waals surface area contributed by atoms with Crippen molar-refractivity contribution in [1.29, 1.82) is 0 Å². The molecular formula is C95H152FN13O24. The van der Waals surface area contributed by atoms with Crippen molar-refractivity contribution in [3.8, 4) is 0 Å². The number of ketones is 2. The number of halogens is 1. The zero-order chi connectivity index (χ0) is 101. The van der Waals surface area contributed by atoms with Crippen LogP contribution in [0.2, 0.25) is 0 Å². The second-order valence-electron chi connectivity index (χ2n) is 40.0. The van der Waals surface area contributed by atoms with Gasteiger partial charge in [0.05, 0.1) is 25.5 Å². The van der Waals surface area contributed by atoms with E-state index in [1.807, 2.05) is 55.4 Å². The molecule has 0 aromatic rings. The largest absolute Gasteiger partial charge is 0.458 e. The lowest BCUT2D eigenvalue weighted by Gasteiger charge is -2.62. The number of rotatable bonds is 28. The van der Waals surface area contributed by atoms with Gasteiger partial charge >= 0.3 is 24.0 Å². The second-order valence-corrected chi connectivity index (χ2v) is 40.0. The minimum atomic E-state index is -2.22. The molecule has 1 saturated heterocycles. The van der Waals surface area contributed by atoms with Crippen LogP contribution in [-0.2, 0) is 100 Å². The molecule has 20 atom stereocenters. The average Bonchev–Trinajstić information content (AvgIpc) is 1.58. The van der Waals surface area contributed by atoms with Gasteiger partial charge in [0.15, 0.2) is 18.1 Å². The molecule has 1 aliphatic heterocycles. The number of hydrogen-bond acceptors (Lipinski definition) is 24. The molecule has 133 heavy (non-hydrogen) atoms. The van der Waals surface area contributed by atoms with Crippen LogP contribution in [0.15, 0.2) is 36.0 Å². The number of allylic oxidation sites excluding steroid dienone is 6. The van der Waals surface area contributed by atoms with Gasteiger partial charge in [0, 0.05) is 73.1 Å². The van der Waals surface area contributed by atoms with Crippen molar-refractivity contribution in [3.63, 3.8) is 0 Å². The predicted molar refractivity (Wildman–Crippen MR) is 488 cm³/mol. The summed E-state index contributed by atoms with van der Waals surface area (Å²) in [4.78, 5) is 267. The zero-order valence-electron chi connectivity index (χ0n) is 83.4. The van der Waals surface area contributed by atoms with Gasteiger partial charge in [-0.25, -0.2) is 9.18 Å². The molecule has 0 radical (unpaired) electrons. The van der Waals surface area contributed by atoms with Crippen molar-refractivity contribution in [1.82, 2.24) is 65.8 Å². The van der Waals surface area contributed by atoms with Crippen LogP contribution in [0.4, 0.5) is 9.18 Å². The molecule has 4 fully saturated rings. The Morgan fingerprint density at radius 1 is 0.602 bits per heavy atom. The fraction of sp³-hybridized carbons (Fsp3) is 0.747. The van der Waals surface area contributed by atoms with Gasteiger partial charge in [-0.1, -0.05) is 135 Å². The van der Waals surface area contributed by atoms with Crippen molar-refractivity contribution >= 4 is 106 Å². The van der Waals surface area contributed by atoms with Gasteiger partial charge in [-0.15, -0.1) is 0 Å². The average molecular weight is 1880 g/mol. The van der Waals surface area contributed by atoms with Gasteiger partial charge in [0.1, 0.15) is 85.2 Å².